The number of likely N-dealkylation sites (tertiary alicyclic amines) is 1. The average molecular weight is 386 g/mol. The van der Waals surface area contributed by atoms with Crippen molar-refractivity contribution in [1.82, 2.24) is 19.8 Å². The lowest BCUT2D eigenvalue weighted by molar-refractivity contribution is 0.0746. The Morgan fingerprint density at radius 3 is 2.52 bits per heavy atom. The molecule has 7 heteroatoms. The zero-order valence-electron chi connectivity index (χ0n) is 15.9. The normalized spacial score (nSPS) is 19.4. The van der Waals surface area contributed by atoms with Gasteiger partial charge in [-0.2, -0.15) is 0 Å². The fraction of sp³-hybridized carbons (Fsp3) is 0.550. The minimum atomic E-state index is 0.0937. The van der Waals surface area contributed by atoms with Crippen LogP contribution in [0, 0.1) is 5.92 Å². The van der Waals surface area contributed by atoms with E-state index >= 15 is 0 Å². The van der Waals surface area contributed by atoms with Gasteiger partial charge in [0.05, 0.1) is 5.69 Å². The number of hydrogen-bond donors (Lipinski definition) is 0. The van der Waals surface area contributed by atoms with Gasteiger partial charge in [-0.3, -0.25) is 14.7 Å². The van der Waals surface area contributed by atoms with Gasteiger partial charge in [-0.05, 0) is 44.0 Å². The lowest BCUT2D eigenvalue weighted by Crippen LogP contribution is -2.48. The Kier molecular flexibility index (Phi) is 5.69. The number of carbonyl (C=O) groups excluding carboxylic acids is 1. The first-order valence-electron chi connectivity index (χ1n) is 9.80. The Labute approximate surface area is 164 Å². The van der Waals surface area contributed by atoms with Gasteiger partial charge in [-0.15, -0.1) is 11.3 Å². The third kappa shape index (κ3) is 4.47. The first-order valence-corrected chi connectivity index (χ1v) is 10.7. The van der Waals surface area contributed by atoms with Gasteiger partial charge in [0, 0.05) is 56.1 Å². The van der Waals surface area contributed by atoms with Crippen molar-refractivity contribution in [3.63, 3.8) is 0 Å². The van der Waals surface area contributed by atoms with Gasteiger partial charge < -0.3 is 9.80 Å². The Hall–Kier alpha value is -1.99. The summed E-state index contributed by atoms with van der Waals surface area (Å²) in [6.07, 6.45) is 5.93. The molecule has 0 aromatic carbocycles. The highest BCUT2D eigenvalue weighted by Crippen LogP contribution is 2.24. The second kappa shape index (κ2) is 8.35. The van der Waals surface area contributed by atoms with Crippen LogP contribution in [0.25, 0.3) is 0 Å². The maximum Gasteiger partial charge on any atom is 0.254 e. The average Bonchev–Trinajstić information content (AvgIpc) is 3.18. The summed E-state index contributed by atoms with van der Waals surface area (Å²) < 4.78 is 0. The Morgan fingerprint density at radius 2 is 1.81 bits per heavy atom. The van der Waals surface area contributed by atoms with Crippen LogP contribution in [0.1, 0.15) is 35.8 Å². The molecule has 2 aliphatic heterocycles. The van der Waals surface area contributed by atoms with Crippen LogP contribution in [-0.4, -0.2) is 64.9 Å². The van der Waals surface area contributed by atoms with Gasteiger partial charge in [0.2, 0.25) is 0 Å². The first kappa shape index (κ1) is 18.4. The van der Waals surface area contributed by atoms with Crippen LogP contribution in [0.4, 0.5) is 5.13 Å². The molecule has 0 atom stereocenters. The summed E-state index contributed by atoms with van der Waals surface area (Å²) in [7, 11) is 0. The Bertz CT molecular complexity index is 749. The highest BCUT2D eigenvalue weighted by Gasteiger charge is 2.24. The zero-order chi connectivity index (χ0) is 18.6. The van der Waals surface area contributed by atoms with Crippen LogP contribution >= 0.6 is 11.3 Å². The van der Waals surface area contributed by atoms with Crippen molar-refractivity contribution < 1.29 is 4.79 Å². The van der Waals surface area contributed by atoms with Crippen LogP contribution in [0.5, 0.6) is 0 Å². The molecule has 6 nitrogen and oxygen atoms in total. The predicted octanol–water partition coefficient (Wildman–Crippen LogP) is 2.73. The number of pyridine rings is 1. The minimum Gasteiger partial charge on any atom is -0.345 e. The molecule has 0 N–H and O–H groups in total. The molecule has 2 aliphatic rings. The van der Waals surface area contributed by atoms with E-state index in [1.807, 2.05) is 4.90 Å². The molecule has 27 heavy (non-hydrogen) atoms. The lowest BCUT2D eigenvalue weighted by atomic mass is 9.99. The second-order valence-corrected chi connectivity index (χ2v) is 8.43. The van der Waals surface area contributed by atoms with Crippen molar-refractivity contribution in [3.8, 4) is 0 Å². The summed E-state index contributed by atoms with van der Waals surface area (Å²) in [6, 6.07) is 3.56. The summed E-state index contributed by atoms with van der Waals surface area (Å²) >= 11 is 1.73. The molecule has 0 radical (unpaired) electrons. The molecule has 2 aromatic rings. The van der Waals surface area contributed by atoms with Gasteiger partial charge in [-0.25, -0.2) is 4.98 Å². The fourth-order valence-electron chi connectivity index (χ4n) is 3.74. The SMILES string of the molecule is CC1CCN(Cc2csc(N3CCN(C(=O)c4ccncc4)CC3)n2)CC1. The number of aromatic nitrogens is 2. The summed E-state index contributed by atoms with van der Waals surface area (Å²) in [6.45, 7) is 8.82. The molecule has 0 aliphatic carbocycles. The Morgan fingerprint density at radius 1 is 1.11 bits per heavy atom. The number of hydrogen-bond acceptors (Lipinski definition) is 6. The smallest absolute Gasteiger partial charge is 0.254 e. The molecule has 0 bridgehead atoms. The van der Waals surface area contributed by atoms with Gasteiger partial charge >= 0.3 is 0 Å². The van der Waals surface area contributed by atoms with Crippen LogP contribution in [0.15, 0.2) is 29.9 Å². The molecular weight excluding hydrogens is 358 g/mol. The predicted molar refractivity (Wildman–Crippen MR) is 108 cm³/mol. The van der Waals surface area contributed by atoms with E-state index in [9.17, 15) is 4.79 Å². The summed E-state index contributed by atoms with van der Waals surface area (Å²) in [5, 5.41) is 3.29. The molecule has 2 saturated heterocycles. The molecule has 144 valence electrons. The number of thiazole rings is 1. The van der Waals surface area contributed by atoms with Gasteiger partial charge in [0.1, 0.15) is 0 Å². The number of rotatable bonds is 4. The Balaban J connectivity index is 1.30. The molecule has 4 heterocycles. The molecule has 0 unspecified atom stereocenters. The van der Waals surface area contributed by atoms with Crippen molar-refractivity contribution in [2.45, 2.75) is 26.3 Å². The van der Waals surface area contributed by atoms with E-state index in [1.54, 1.807) is 35.9 Å². The van der Waals surface area contributed by atoms with E-state index in [0.29, 0.717) is 5.56 Å². The summed E-state index contributed by atoms with van der Waals surface area (Å²) in [5.41, 5.74) is 1.89. The van der Waals surface area contributed by atoms with Crippen molar-refractivity contribution in [3.05, 3.63) is 41.2 Å². The number of amides is 1. The zero-order valence-corrected chi connectivity index (χ0v) is 16.7. The topological polar surface area (TPSA) is 52.6 Å². The molecule has 2 aromatic heterocycles. The van der Waals surface area contributed by atoms with Crippen LogP contribution in [-0.2, 0) is 6.54 Å². The van der Waals surface area contributed by atoms with Crippen LogP contribution in [0.3, 0.4) is 0 Å². The van der Waals surface area contributed by atoms with E-state index in [1.165, 1.54) is 31.6 Å². The number of nitrogens with zero attached hydrogens (tertiary/aromatic N) is 5. The minimum absolute atomic E-state index is 0.0937. The van der Waals surface area contributed by atoms with Gasteiger partial charge in [-0.1, -0.05) is 6.92 Å². The van der Waals surface area contributed by atoms with Crippen molar-refractivity contribution >= 4 is 22.4 Å². The van der Waals surface area contributed by atoms with Crippen molar-refractivity contribution in [1.29, 1.82) is 0 Å². The molecule has 2 fully saturated rings. The monoisotopic (exact) mass is 385 g/mol. The van der Waals surface area contributed by atoms with Gasteiger partial charge in [0.15, 0.2) is 5.13 Å². The second-order valence-electron chi connectivity index (χ2n) is 7.60. The quantitative estimate of drug-likeness (QED) is 0.810. The highest BCUT2D eigenvalue weighted by atomic mass is 32.1. The van der Waals surface area contributed by atoms with Crippen molar-refractivity contribution in [2.75, 3.05) is 44.2 Å². The first-order chi connectivity index (χ1) is 13.2. The molecule has 1 amide bonds. The van der Waals surface area contributed by atoms with E-state index < -0.39 is 0 Å². The molecule has 0 spiro atoms. The largest absolute Gasteiger partial charge is 0.345 e. The van der Waals surface area contributed by atoms with E-state index in [4.69, 9.17) is 4.98 Å². The molecule has 0 saturated carbocycles. The molecular formula is C20H27N5OS. The lowest BCUT2D eigenvalue weighted by Gasteiger charge is -2.34. The van der Waals surface area contributed by atoms with E-state index in [2.05, 4.69) is 27.1 Å². The van der Waals surface area contributed by atoms with E-state index in [0.717, 1.165) is 43.8 Å². The highest BCUT2D eigenvalue weighted by molar-refractivity contribution is 7.13. The molecule has 4 rings (SSSR count). The third-order valence-electron chi connectivity index (χ3n) is 5.57. The summed E-state index contributed by atoms with van der Waals surface area (Å²) in [5.74, 6) is 0.953. The maximum atomic E-state index is 12.6. The number of anilines is 1. The van der Waals surface area contributed by atoms with Crippen LogP contribution in [0.2, 0.25) is 0 Å². The maximum absolute atomic E-state index is 12.6. The number of carbonyl (C=O) groups is 1. The van der Waals surface area contributed by atoms with Crippen LogP contribution < -0.4 is 4.90 Å². The number of piperidine rings is 1. The van der Waals surface area contributed by atoms with Crippen molar-refractivity contribution in [2.24, 2.45) is 5.92 Å². The fourth-order valence-corrected chi connectivity index (χ4v) is 4.61. The van der Waals surface area contributed by atoms with Gasteiger partial charge in [0.25, 0.3) is 5.91 Å². The third-order valence-corrected chi connectivity index (χ3v) is 6.52. The standard InChI is InChI=1S/C20H27N5OS/c1-16-4-8-23(9-5-16)14-18-15-27-20(22-18)25-12-10-24(11-13-25)19(26)17-2-6-21-7-3-17/h2-3,6-7,15-16H,4-5,8-14H2,1H3. The number of piperazine rings is 1. The van der Waals surface area contributed by atoms with E-state index in [-0.39, 0.29) is 5.91 Å². The summed E-state index contributed by atoms with van der Waals surface area (Å²) in [4.78, 5) is 28.2.